The lowest BCUT2D eigenvalue weighted by Crippen LogP contribution is -2.30. The van der Waals surface area contributed by atoms with Gasteiger partial charge >= 0.3 is 5.97 Å². The Labute approximate surface area is 153 Å². The molecule has 0 bridgehead atoms. The van der Waals surface area contributed by atoms with Crippen molar-refractivity contribution >= 4 is 28.9 Å². The average molecular weight is 375 g/mol. The van der Waals surface area contributed by atoms with Crippen LogP contribution in [0, 0.1) is 0 Å². The van der Waals surface area contributed by atoms with Gasteiger partial charge in [-0.05, 0) is 18.2 Å². The molecule has 26 heavy (non-hydrogen) atoms. The van der Waals surface area contributed by atoms with Crippen molar-refractivity contribution in [2.45, 2.75) is 19.4 Å². The highest BCUT2D eigenvalue weighted by molar-refractivity contribution is 7.13. The Bertz CT molecular complexity index is 862. The van der Waals surface area contributed by atoms with Crippen molar-refractivity contribution in [3.05, 3.63) is 29.3 Å². The number of methoxy groups -OCH3 is 2. The maximum atomic E-state index is 11.9. The Morgan fingerprint density at radius 1 is 1.23 bits per heavy atom. The van der Waals surface area contributed by atoms with E-state index in [0.717, 1.165) is 10.6 Å². The smallest absolute Gasteiger partial charge is 0.354 e. The molecule has 0 unspecified atom stereocenters. The maximum absolute atomic E-state index is 11.9. The molecule has 1 amide bonds. The molecule has 0 aliphatic carbocycles. The van der Waals surface area contributed by atoms with E-state index in [9.17, 15) is 9.59 Å². The van der Waals surface area contributed by atoms with Gasteiger partial charge in [-0.3, -0.25) is 4.79 Å². The molecule has 0 fully saturated rings. The van der Waals surface area contributed by atoms with Gasteiger partial charge in [-0.15, -0.1) is 11.3 Å². The van der Waals surface area contributed by atoms with Gasteiger partial charge in [0.15, 0.2) is 11.5 Å². The SMILES string of the molecule is COc1ccc(-c2nc(COC(=O)C3=NNC(=O)CC3)cs2)cc1OC. The molecule has 1 aromatic carbocycles. The lowest BCUT2D eigenvalue weighted by Gasteiger charge is -2.10. The molecule has 1 aliphatic heterocycles. The minimum atomic E-state index is -0.550. The maximum Gasteiger partial charge on any atom is 0.354 e. The summed E-state index contributed by atoms with van der Waals surface area (Å²) in [6, 6.07) is 5.53. The van der Waals surface area contributed by atoms with Crippen LogP contribution in [0.5, 0.6) is 11.5 Å². The Hall–Kier alpha value is -2.94. The largest absolute Gasteiger partial charge is 0.493 e. The first-order valence-electron chi connectivity index (χ1n) is 7.80. The molecule has 0 spiro atoms. The number of ether oxygens (including phenoxy) is 3. The Morgan fingerprint density at radius 2 is 2.04 bits per heavy atom. The molecule has 3 rings (SSSR count). The first kappa shape index (κ1) is 17.9. The third-order valence-corrected chi connectivity index (χ3v) is 4.61. The molecule has 0 saturated carbocycles. The van der Waals surface area contributed by atoms with Crippen molar-refractivity contribution < 1.29 is 23.8 Å². The summed E-state index contributed by atoms with van der Waals surface area (Å²) in [5, 5.41) is 6.31. The second-order valence-corrected chi connectivity index (χ2v) is 6.24. The molecule has 8 nitrogen and oxygen atoms in total. The third-order valence-electron chi connectivity index (χ3n) is 3.67. The van der Waals surface area contributed by atoms with Crippen LogP contribution in [0.3, 0.4) is 0 Å². The van der Waals surface area contributed by atoms with Crippen molar-refractivity contribution in [2.75, 3.05) is 14.2 Å². The van der Waals surface area contributed by atoms with E-state index in [1.54, 1.807) is 14.2 Å². The van der Waals surface area contributed by atoms with E-state index in [1.807, 2.05) is 23.6 Å². The van der Waals surface area contributed by atoms with Crippen LogP contribution in [0.2, 0.25) is 0 Å². The zero-order valence-electron chi connectivity index (χ0n) is 14.3. The molecule has 2 aromatic rings. The first-order chi connectivity index (χ1) is 12.6. The summed E-state index contributed by atoms with van der Waals surface area (Å²) >= 11 is 1.44. The third kappa shape index (κ3) is 3.99. The van der Waals surface area contributed by atoms with Gasteiger partial charge in [-0.1, -0.05) is 0 Å². The molecule has 1 aliphatic rings. The van der Waals surface area contributed by atoms with Gasteiger partial charge in [-0.25, -0.2) is 15.2 Å². The molecule has 136 valence electrons. The van der Waals surface area contributed by atoms with Crippen molar-refractivity contribution in [1.29, 1.82) is 0 Å². The van der Waals surface area contributed by atoms with E-state index >= 15 is 0 Å². The summed E-state index contributed by atoms with van der Waals surface area (Å²) in [4.78, 5) is 27.5. The molecule has 2 heterocycles. The van der Waals surface area contributed by atoms with Crippen molar-refractivity contribution in [1.82, 2.24) is 10.4 Å². The fourth-order valence-electron chi connectivity index (χ4n) is 2.32. The van der Waals surface area contributed by atoms with Gasteiger partial charge in [0, 0.05) is 23.8 Å². The number of nitrogens with one attached hydrogen (secondary N) is 1. The van der Waals surface area contributed by atoms with Gasteiger partial charge in [-0.2, -0.15) is 5.10 Å². The van der Waals surface area contributed by atoms with Crippen LogP contribution in [0.1, 0.15) is 18.5 Å². The molecular formula is C17H17N3O5S. The van der Waals surface area contributed by atoms with E-state index in [0.29, 0.717) is 17.2 Å². The van der Waals surface area contributed by atoms with Crippen molar-refractivity contribution in [3.8, 4) is 22.1 Å². The number of aromatic nitrogens is 1. The van der Waals surface area contributed by atoms with Crippen LogP contribution < -0.4 is 14.9 Å². The summed E-state index contributed by atoms with van der Waals surface area (Å²) in [7, 11) is 3.15. The van der Waals surface area contributed by atoms with Crippen LogP contribution in [0.25, 0.3) is 10.6 Å². The van der Waals surface area contributed by atoms with E-state index < -0.39 is 5.97 Å². The second kappa shape index (κ2) is 7.96. The molecule has 1 aromatic heterocycles. The van der Waals surface area contributed by atoms with E-state index in [-0.39, 0.29) is 31.1 Å². The number of thiazole rings is 1. The molecule has 0 radical (unpaired) electrons. The summed E-state index contributed by atoms with van der Waals surface area (Å²) in [5.74, 6) is 0.499. The topological polar surface area (TPSA) is 99.1 Å². The number of rotatable bonds is 6. The summed E-state index contributed by atoms with van der Waals surface area (Å²) in [5.41, 5.74) is 3.99. The van der Waals surface area contributed by atoms with Gasteiger partial charge in [0.05, 0.1) is 19.9 Å². The van der Waals surface area contributed by atoms with E-state index in [4.69, 9.17) is 14.2 Å². The summed E-state index contributed by atoms with van der Waals surface area (Å²) in [6.45, 7) is 0.0373. The van der Waals surface area contributed by atoms with Gasteiger partial charge in [0.1, 0.15) is 17.3 Å². The first-order valence-corrected chi connectivity index (χ1v) is 8.68. The highest BCUT2D eigenvalue weighted by atomic mass is 32.1. The zero-order valence-corrected chi connectivity index (χ0v) is 15.1. The lowest BCUT2D eigenvalue weighted by atomic mass is 10.2. The van der Waals surface area contributed by atoms with Crippen LogP contribution in [0.4, 0.5) is 0 Å². The van der Waals surface area contributed by atoms with Gasteiger partial charge < -0.3 is 14.2 Å². The average Bonchev–Trinajstić information content (AvgIpc) is 3.15. The number of nitrogens with zero attached hydrogens (tertiary/aromatic N) is 2. The monoisotopic (exact) mass is 375 g/mol. The summed E-state index contributed by atoms with van der Waals surface area (Å²) < 4.78 is 15.7. The fraction of sp³-hybridized carbons (Fsp3) is 0.294. The highest BCUT2D eigenvalue weighted by Gasteiger charge is 2.20. The number of carbonyl (C=O) groups excluding carboxylic acids is 2. The minimum absolute atomic E-state index is 0.0373. The second-order valence-electron chi connectivity index (χ2n) is 5.38. The molecule has 1 N–H and O–H groups in total. The van der Waals surface area contributed by atoms with Gasteiger partial charge in [0.2, 0.25) is 5.91 Å². The van der Waals surface area contributed by atoms with Crippen LogP contribution in [-0.4, -0.2) is 36.8 Å². The van der Waals surface area contributed by atoms with Crippen molar-refractivity contribution in [2.24, 2.45) is 5.10 Å². The fourth-order valence-corrected chi connectivity index (χ4v) is 3.12. The minimum Gasteiger partial charge on any atom is -0.493 e. The van der Waals surface area contributed by atoms with E-state index in [2.05, 4.69) is 15.5 Å². The summed E-state index contributed by atoms with van der Waals surface area (Å²) in [6.07, 6.45) is 0.507. The number of benzene rings is 1. The molecule has 9 heteroatoms. The predicted octanol–water partition coefficient (Wildman–Crippen LogP) is 2.14. The Kier molecular flexibility index (Phi) is 5.47. The van der Waals surface area contributed by atoms with Crippen LogP contribution >= 0.6 is 11.3 Å². The number of hydrazone groups is 1. The Morgan fingerprint density at radius 3 is 2.73 bits per heavy atom. The standard InChI is InChI=1S/C17H17N3O5S/c1-23-13-5-3-10(7-14(13)24-2)16-18-11(9-26-16)8-25-17(22)12-4-6-15(21)20-19-12/h3,5,7,9H,4,6,8H2,1-2H3,(H,20,21). The number of carbonyl (C=O) groups is 2. The molecule has 0 saturated heterocycles. The van der Waals surface area contributed by atoms with Crippen LogP contribution in [0.15, 0.2) is 28.7 Å². The lowest BCUT2D eigenvalue weighted by molar-refractivity contribution is -0.137. The number of hydrogen-bond acceptors (Lipinski definition) is 8. The zero-order chi connectivity index (χ0) is 18.5. The quantitative estimate of drug-likeness (QED) is 0.777. The number of hydrogen-bond donors (Lipinski definition) is 1. The Balaban J connectivity index is 1.65. The predicted molar refractivity (Wildman–Crippen MR) is 95.3 cm³/mol. The molecule has 0 atom stereocenters. The van der Waals surface area contributed by atoms with Gasteiger partial charge in [0.25, 0.3) is 0 Å². The highest BCUT2D eigenvalue weighted by Crippen LogP contribution is 2.33. The molecular weight excluding hydrogens is 358 g/mol. The van der Waals surface area contributed by atoms with E-state index in [1.165, 1.54) is 11.3 Å². The number of esters is 1. The number of amides is 1. The normalized spacial score (nSPS) is 13.6. The van der Waals surface area contributed by atoms with Crippen LogP contribution in [-0.2, 0) is 20.9 Å². The van der Waals surface area contributed by atoms with Crippen molar-refractivity contribution in [3.63, 3.8) is 0 Å².